The Hall–Kier alpha value is -1.03. The number of anilines is 1. The molecule has 0 amide bonds. The molecule has 3 N–H and O–H groups in total. The van der Waals surface area contributed by atoms with Crippen molar-refractivity contribution in [3.8, 4) is 0 Å². The van der Waals surface area contributed by atoms with Crippen molar-refractivity contribution in [3.05, 3.63) is 11.3 Å². The highest BCUT2D eigenvalue weighted by Gasteiger charge is 2.04. The molecule has 0 aliphatic carbocycles. The molecule has 4 heteroatoms. The molecular formula is C5H9N3O. The molecule has 4 nitrogen and oxygen atoms in total. The van der Waals surface area contributed by atoms with E-state index in [1.54, 1.807) is 0 Å². The minimum atomic E-state index is 0.535. The zero-order valence-corrected chi connectivity index (χ0v) is 5.43. The van der Waals surface area contributed by atoms with Crippen molar-refractivity contribution >= 4 is 5.88 Å². The van der Waals surface area contributed by atoms with Crippen LogP contribution in [0.25, 0.3) is 0 Å². The number of nitrogens with two attached hydrogens (primary N) is 1. The molecule has 0 atom stereocenters. The Labute approximate surface area is 53.0 Å². The van der Waals surface area contributed by atoms with E-state index in [0.717, 1.165) is 11.3 Å². The van der Waals surface area contributed by atoms with Crippen LogP contribution >= 0.6 is 0 Å². The molecule has 1 rings (SSSR count). The van der Waals surface area contributed by atoms with Crippen LogP contribution in [0.3, 0.4) is 0 Å². The third kappa shape index (κ3) is 0.882. The third-order valence-corrected chi connectivity index (χ3v) is 1.29. The van der Waals surface area contributed by atoms with Gasteiger partial charge in [0.05, 0.1) is 5.69 Å². The van der Waals surface area contributed by atoms with Gasteiger partial charge in [-0.1, -0.05) is 5.16 Å². The monoisotopic (exact) mass is 127 g/mol. The summed E-state index contributed by atoms with van der Waals surface area (Å²) in [6.45, 7) is 3.75. The molecule has 0 saturated heterocycles. The van der Waals surface area contributed by atoms with Gasteiger partial charge in [-0.25, -0.2) is 5.84 Å². The second kappa shape index (κ2) is 2.06. The number of aryl methyl sites for hydroxylation is 1. The van der Waals surface area contributed by atoms with Crippen LogP contribution in [0, 0.1) is 13.8 Å². The van der Waals surface area contributed by atoms with Crippen LogP contribution in [-0.4, -0.2) is 5.16 Å². The number of aromatic nitrogens is 1. The molecule has 1 aromatic rings. The predicted octanol–water partition coefficient (Wildman–Crippen LogP) is 0.577. The van der Waals surface area contributed by atoms with Crippen LogP contribution in [0.5, 0.6) is 0 Å². The number of hydrogen-bond acceptors (Lipinski definition) is 4. The lowest BCUT2D eigenvalue weighted by molar-refractivity contribution is 0.427. The van der Waals surface area contributed by atoms with Crippen LogP contribution < -0.4 is 11.3 Å². The number of nitrogens with zero attached hydrogens (tertiary/aromatic N) is 1. The van der Waals surface area contributed by atoms with E-state index < -0.39 is 0 Å². The van der Waals surface area contributed by atoms with Crippen molar-refractivity contribution in [1.82, 2.24) is 5.16 Å². The topological polar surface area (TPSA) is 64.1 Å². The van der Waals surface area contributed by atoms with Gasteiger partial charge in [-0.2, -0.15) is 0 Å². The largest absolute Gasteiger partial charge is 0.337 e. The molecule has 0 saturated carbocycles. The van der Waals surface area contributed by atoms with Gasteiger partial charge in [0.1, 0.15) is 0 Å². The fraction of sp³-hybridized carbons (Fsp3) is 0.400. The van der Waals surface area contributed by atoms with Crippen molar-refractivity contribution in [1.29, 1.82) is 0 Å². The highest BCUT2D eigenvalue weighted by atomic mass is 16.5. The number of nitrogens with one attached hydrogen (secondary N) is 1. The van der Waals surface area contributed by atoms with Gasteiger partial charge >= 0.3 is 0 Å². The molecule has 50 valence electrons. The smallest absolute Gasteiger partial charge is 0.241 e. The fourth-order valence-electron chi connectivity index (χ4n) is 0.550. The van der Waals surface area contributed by atoms with Gasteiger partial charge in [-0.15, -0.1) is 0 Å². The van der Waals surface area contributed by atoms with Crippen molar-refractivity contribution in [2.24, 2.45) is 5.84 Å². The Bertz CT molecular complexity index is 206. The van der Waals surface area contributed by atoms with Gasteiger partial charge in [0, 0.05) is 5.56 Å². The van der Waals surface area contributed by atoms with Crippen molar-refractivity contribution < 1.29 is 4.52 Å². The number of hydrogen-bond donors (Lipinski definition) is 2. The van der Waals surface area contributed by atoms with E-state index in [1.165, 1.54) is 0 Å². The predicted molar refractivity (Wildman–Crippen MR) is 33.8 cm³/mol. The first-order chi connectivity index (χ1) is 4.25. The average molecular weight is 127 g/mol. The molecule has 0 spiro atoms. The number of hydrazine groups is 1. The quantitative estimate of drug-likeness (QED) is 0.427. The van der Waals surface area contributed by atoms with Gasteiger partial charge in [0.15, 0.2) is 0 Å². The molecule has 0 bridgehead atoms. The van der Waals surface area contributed by atoms with E-state index >= 15 is 0 Å². The van der Waals surface area contributed by atoms with E-state index in [-0.39, 0.29) is 0 Å². The van der Waals surface area contributed by atoms with E-state index in [1.807, 2.05) is 13.8 Å². The lowest BCUT2D eigenvalue weighted by Gasteiger charge is -1.90. The third-order valence-electron chi connectivity index (χ3n) is 1.29. The lowest BCUT2D eigenvalue weighted by Crippen LogP contribution is -2.06. The Morgan fingerprint density at radius 2 is 2.22 bits per heavy atom. The highest BCUT2D eigenvalue weighted by Crippen LogP contribution is 2.14. The zero-order chi connectivity index (χ0) is 6.85. The maximum Gasteiger partial charge on any atom is 0.241 e. The second-order valence-electron chi connectivity index (χ2n) is 1.87. The van der Waals surface area contributed by atoms with Crippen molar-refractivity contribution in [2.75, 3.05) is 5.43 Å². The second-order valence-corrected chi connectivity index (χ2v) is 1.87. The van der Waals surface area contributed by atoms with Gasteiger partial charge in [0.2, 0.25) is 5.88 Å². The maximum absolute atomic E-state index is 5.08. The van der Waals surface area contributed by atoms with Crippen LogP contribution in [0.4, 0.5) is 5.88 Å². The summed E-state index contributed by atoms with van der Waals surface area (Å²) in [4.78, 5) is 0. The van der Waals surface area contributed by atoms with Gasteiger partial charge in [0.25, 0.3) is 0 Å². The fourth-order valence-corrected chi connectivity index (χ4v) is 0.550. The summed E-state index contributed by atoms with van der Waals surface area (Å²) >= 11 is 0. The highest BCUT2D eigenvalue weighted by molar-refractivity contribution is 5.40. The van der Waals surface area contributed by atoms with E-state index in [2.05, 4.69) is 10.6 Å². The molecule has 1 heterocycles. The van der Waals surface area contributed by atoms with Crippen LogP contribution in [0.1, 0.15) is 11.3 Å². The first kappa shape index (κ1) is 6.10. The van der Waals surface area contributed by atoms with Crippen LogP contribution in [0.15, 0.2) is 4.52 Å². The molecular weight excluding hydrogens is 118 g/mol. The van der Waals surface area contributed by atoms with Gasteiger partial charge < -0.3 is 4.52 Å². The van der Waals surface area contributed by atoms with Crippen LogP contribution in [-0.2, 0) is 0 Å². The minimum Gasteiger partial charge on any atom is -0.337 e. The summed E-state index contributed by atoms with van der Waals surface area (Å²) in [7, 11) is 0. The summed E-state index contributed by atoms with van der Waals surface area (Å²) in [6.07, 6.45) is 0. The SMILES string of the molecule is Cc1noc(NN)c1C. The molecule has 1 aromatic heterocycles. The lowest BCUT2D eigenvalue weighted by atomic mass is 10.3. The minimum absolute atomic E-state index is 0.535. The molecule has 0 aliphatic heterocycles. The van der Waals surface area contributed by atoms with Crippen molar-refractivity contribution in [2.45, 2.75) is 13.8 Å². The average Bonchev–Trinajstić information content (AvgIpc) is 2.15. The Kier molecular flexibility index (Phi) is 1.40. The van der Waals surface area contributed by atoms with Crippen molar-refractivity contribution in [3.63, 3.8) is 0 Å². The van der Waals surface area contributed by atoms with E-state index in [4.69, 9.17) is 10.4 Å². The maximum atomic E-state index is 5.08. The van der Waals surface area contributed by atoms with Crippen LogP contribution in [0.2, 0.25) is 0 Å². The molecule has 0 fully saturated rings. The standard InChI is InChI=1S/C5H9N3O/c1-3-4(2)8-9-5(3)7-6/h7H,6H2,1-2H3. The first-order valence-electron chi connectivity index (χ1n) is 2.65. The molecule has 0 radical (unpaired) electrons. The Morgan fingerprint density at radius 3 is 2.44 bits per heavy atom. The summed E-state index contributed by atoms with van der Waals surface area (Å²) in [5.41, 5.74) is 4.21. The molecule has 0 aliphatic rings. The van der Waals surface area contributed by atoms with E-state index in [9.17, 15) is 0 Å². The zero-order valence-electron chi connectivity index (χ0n) is 5.43. The Balaban J connectivity index is 3.04. The van der Waals surface area contributed by atoms with Gasteiger partial charge in [-0.05, 0) is 13.8 Å². The summed E-state index contributed by atoms with van der Waals surface area (Å²) in [5.74, 6) is 5.61. The number of nitrogen functional groups attached to an aromatic ring is 1. The van der Waals surface area contributed by atoms with E-state index in [0.29, 0.717) is 5.88 Å². The summed E-state index contributed by atoms with van der Waals surface area (Å²) in [6, 6.07) is 0. The first-order valence-corrected chi connectivity index (χ1v) is 2.65. The molecule has 0 unspecified atom stereocenters. The number of rotatable bonds is 1. The molecule has 9 heavy (non-hydrogen) atoms. The summed E-state index contributed by atoms with van der Waals surface area (Å²) < 4.78 is 4.76. The molecule has 0 aromatic carbocycles. The van der Waals surface area contributed by atoms with Gasteiger partial charge in [-0.3, -0.25) is 5.43 Å². The normalized spacial score (nSPS) is 9.67. The summed E-state index contributed by atoms with van der Waals surface area (Å²) in [5, 5.41) is 3.67. The Morgan fingerprint density at radius 1 is 1.56 bits per heavy atom.